The summed E-state index contributed by atoms with van der Waals surface area (Å²) in [5.74, 6) is 0. The van der Waals surface area contributed by atoms with Gasteiger partial charge in [-0.2, -0.15) is 0 Å². The Bertz CT molecular complexity index is 382. The van der Waals surface area contributed by atoms with Crippen LogP contribution in [0.5, 0.6) is 0 Å². The van der Waals surface area contributed by atoms with Crippen molar-refractivity contribution >= 4 is 23.7 Å². The van der Waals surface area contributed by atoms with Crippen LogP contribution in [0.4, 0.5) is 0 Å². The molecule has 0 aromatic carbocycles. The Morgan fingerprint density at radius 3 is 2.26 bits per heavy atom. The second-order valence-electron chi connectivity index (χ2n) is 6.93. The summed E-state index contributed by atoms with van der Waals surface area (Å²) in [5.41, 5.74) is 7.25. The highest BCUT2D eigenvalue weighted by atomic mass is 35.5. The van der Waals surface area contributed by atoms with Crippen LogP contribution in [0.2, 0.25) is 0 Å². The van der Waals surface area contributed by atoms with Crippen molar-refractivity contribution in [3.8, 4) is 0 Å². The van der Waals surface area contributed by atoms with Gasteiger partial charge in [0.15, 0.2) is 0 Å². The van der Waals surface area contributed by atoms with E-state index < -0.39 is 0 Å². The van der Waals surface area contributed by atoms with Gasteiger partial charge in [0, 0.05) is 23.9 Å². The van der Waals surface area contributed by atoms with Crippen LogP contribution < -0.4 is 5.73 Å². The van der Waals surface area contributed by atoms with E-state index in [2.05, 4.69) is 51.9 Å². The van der Waals surface area contributed by atoms with Gasteiger partial charge in [-0.05, 0) is 19.0 Å². The van der Waals surface area contributed by atoms with Crippen LogP contribution >= 0.6 is 23.7 Å². The molecule has 0 saturated carbocycles. The summed E-state index contributed by atoms with van der Waals surface area (Å²) in [6.45, 7) is 13.6. The first-order chi connectivity index (χ1) is 8.14. The molecule has 0 amide bonds. The molecule has 1 rings (SSSR count). The number of rotatable bonds is 5. The van der Waals surface area contributed by atoms with Gasteiger partial charge in [-0.1, -0.05) is 34.6 Å². The fourth-order valence-corrected chi connectivity index (χ4v) is 2.75. The zero-order chi connectivity index (χ0) is 14.0. The smallest absolute Gasteiger partial charge is 0.0982 e. The third-order valence-electron chi connectivity index (χ3n) is 2.88. The Balaban J connectivity index is 0.00000324. The van der Waals surface area contributed by atoms with Crippen molar-refractivity contribution in [2.24, 2.45) is 11.1 Å². The minimum atomic E-state index is 0. The van der Waals surface area contributed by atoms with Gasteiger partial charge in [-0.15, -0.1) is 23.7 Å². The highest BCUT2D eigenvalue weighted by molar-refractivity contribution is 7.09. The standard InChI is InChI=1S/C14H27N3S.ClH/c1-13(2,3)12-16-11(8-18-12)7-17(6)10-14(4,5)9-15;/h8H,7,9-10,15H2,1-6H3;1H. The van der Waals surface area contributed by atoms with E-state index in [1.54, 1.807) is 11.3 Å². The Morgan fingerprint density at radius 1 is 1.26 bits per heavy atom. The third kappa shape index (κ3) is 6.21. The SMILES string of the molecule is CN(Cc1csc(C(C)(C)C)n1)CC(C)(C)CN.Cl. The fraction of sp³-hybridized carbons (Fsp3) is 0.786. The molecule has 0 radical (unpaired) electrons. The van der Waals surface area contributed by atoms with Crippen LogP contribution in [0.1, 0.15) is 45.3 Å². The molecule has 0 aliphatic heterocycles. The maximum absolute atomic E-state index is 5.77. The molecule has 0 spiro atoms. The highest BCUT2D eigenvalue weighted by Gasteiger charge is 2.20. The average molecular weight is 306 g/mol. The van der Waals surface area contributed by atoms with Gasteiger partial charge in [-0.25, -0.2) is 4.98 Å². The number of nitrogens with zero attached hydrogens (tertiary/aromatic N) is 2. The van der Waals surface area contributed by atoms with E-state index in [1.165, 1.54) is 10.7 Å². The van der Waals surface area contributed by atoms with Crippen molar-refractivity contribution in [2.75, 3.05) is 20.1 Å². The van der Waals surface area contributed by atoms with Gasteiger partial charge in [-0.3, -0.25) is 4.90 Å². The summed E-state index contributed by atoms with van der Waals surface area (Å²) >= 11 is 1.76. The topological polar surface area (TPSA) is 42.2 Å². The highest BCUT2D eigenvalue weighted by Crippen LogP contribution is 2.26. The monoisotopic (exact) mass is 305 g/mol. The van der Waals surface area contributed by atoms with E-state index in [0.29, 0.717) is 6.54 Å². The van der Waals surface area contributed by atoms with E-state index in [9.17, 15) is 0 Å². The van der Waals surface area contributed by atoms with Gasteiger partial charge in [0.05, 0.1) is 10.7 Å². The molecule has 0 fully saturated rings. The molecular formula is C14H28ClN3S. The lowest BCUT2D eigenvalue weighted by molar-refractivity contribution is 0.208. The summed E-state index contributed by atoms with van der Waals surface area (Å²) in [6, 6.07) is 0. The summed E-state index contributed by atoms with van der Waals surface area (Å²) in [5, 5.41) is 3.39. The maximum Gasteiger partial charge on any atom is 0.0982 e. The maximum atomic E-state index is 5.77. The molecule has 1 heterocycles. The number of aromatic nitrogens is 1. The van der Waals surface area contributed by atoms with Gasteiger partial charge in [0.25, 0.3) is 0 Å². The van der Waals surface area contributed by atoms with Crippen molar-refractivity contribution in [1.29, 1.82) is 0 Å². The first-order valence-corrected chi connectivity index (χ1v) is 7.35. The van der Waals surface area contributed by atoms with E-state index in [1.807, 2.05) is 0 Å². The number of hydrogen-bond acceptors (Lipinski definition) is 4. The second-order valence-corrected chi connectivity index (χ2v) is 7.79. The molecule has 0 unspecified atom stereocenters. The largest absolute Gasteiger partial charge is 0.330 e. The van der Waals surface area contributed by atoms with Crippen LogP contribution in [0.25, 0.3) is 0 Å². The van der Waals surface area contributed by atoms with E-state index >= 15 is 0 Å². The number of hydrogen-bond donors (Lipinski definition) is 1. The molecule has 0 bridgehead atoms. The predicted molar refractivity (Wildman–Crippen MR) is 87.2 cm³/mol. The van der Waals surface area contributed by atoms with Crippen LogP contribution in [0, 0.1) is 5.41 Å². The Labute approximate surface area is 128 Å². The molecule has 5 heteroatoms. The third-order valence-corrected chi connectivity index (χ3v) is 4.19. The van der Waals surface area contributed by atoms with Crippen LogP contribution in [0.3, 0.4) is 0 Å². The lowest BCUT2D eigenvalue weighted by Crippen LogP contribution is -2.36. The molecule has 19 heavy (non-hydrogen) atoms. The van der Waals surface area contributed by atoms with Crippen molar-refractivity contribution in [2.45, 2.75) is 46.6 Å². The molecule has 0 aliphatic rings. The van der Waals surface area contributed by atoms with Crippen LogP contribution in [-0.2, 0) is 12.0 Å². The average Bonchev–Trinajstić information content (AvgIpc) is 2.64. The fourth-order valence-electron chi connectivity index (χ4n) is 1.85. The summed E-state index contributed by atoms with van der Waals surface area (Å²) in [6.07, 6.45) is 0. The molecular weight excluding hydrogens is 278 g/mol. The molecule has 112 valence electrons. The number of halogens is 1. The molecule has 1 aromatic rings. The van der Waals surface area contributed by atoms with Gasteiger partial charge < -0.3 is 5.73 Å². The van der Waals surface area contributed by atoms with Gasteiger partial charge in [0.2, 0.25) is 0 Å². The predicted octanol–water partition coefficient (Wildman–Crippen LogP) is 3.28. The quantitative estimate of drug-likeness (QED) is 0.908. The van der Waals surface area contributed by atoms with Crippen molar-refractivity contribution in [3.05, 3.63) is 16.1 Å². The van der Waals surface area contributed by atoms with Crippen molar-refractivity contribution in [1.82, 2.24) is 9.88 Å². The number of nitrogens with two attached hydrogens (primary N) is 1. The molecule has 1 aromatic heterocycles. The molecule has 0 saturated heterocycles. The minimum absolute atomic E-state index is 0. The first-order valence-electron chi connectivity index (χ1n) is 6.47. The summed E-state index contributed by atoms with van der Waals surface area (Å²) < 4.78 is 0. The zero-order valence-corrected chi connectivity index (χ0v) is 14.6. The van der Waals surface area contributed by atoms with Crippen LogP contribution in [0.15, 0.2) is 5.38 Å². The normalized spacial score (nSPS) is 12.6. The van der Waals surface area contributed by atoms with Gasteiger partial charge >= 0.3 is 0 Å². The zero-order valence-electron chi connectivity index (χ0n) is 13.0. The Morgan fingerprint density at radius 2 is 1.84 bits per heavy atom. The molecule has 2 N–H and O–H groups in total. The van der Waals surface area contributed by atoms with E-state index in [0.717, 1.165) is 13.1 Å². The van der Waals surface area contributed by atoms with Crippen molar-refractivity contribution in [3.63, 3.8) is 0 Å². The van der Waals surface area contributed by atoms with Crippen molar-refractivity contribution < 1.29 is 0 Å². The lowest BCUT2D eigenvalue weighted by Gasteiger charge is -2.28. The van der Waals surface area contributed by atoms with Gasteiger partial charge in [0.1, 0.15) is 0 Å². The second kappa shape index (κ2) is 7.02. The minimum Gasteiger partial charge on any atom is -0.330 e. The molecule has 0 aliphatic carbocycles. The summed E-state index contributed by atoms with van der Waals surface area (Å²) in [7, 11) is 2.13. The first kappa shape index (κ1) is 18.8. The molecule has 0 atom stereocenters. The Kier molecular flexibility index (Phi) is 6.96. The van der Waals surface area contributed by atoms with E-state index in [-0.39, 0.29) is 23.2 Å². The van der Waals surface area contributed by atoms with Crippen LogP contribution in [-0.4, -0.2) is 30.0 Å². The lowest BCUT2D eigenvalue weighted by atomic mass is 9.93. The number of thiazole rings is 1. The summed E-state index contributed by atoms with van der Waals surface area (Å²) in [4.78, 5) is 7.02. The molecule has 3 nitrogen and oxygen atoms in total. The van der Waals surface area contributed by atoms with E-state index in [4.69, 9.17) is 10.7 Å². The Hall–Kier alpha value is -0.160.